The second-order valence-corrected chi connectivity index (χ2v) is 13.3. The predicted molar refractivity (Wildman–Crippen MR) is 195 cm³/mol. The molecule has 50 heavy (non-hydrogen) atoms. The van der Waals surface area contributed by atoms with Crippen LogP contribution < -0.4 is 5.32 Å². The fraction of sp³-hybridized carbons (Fsp3) is 0.310. The quantitative estimate of drug-likeness (QED) is 0.132. The zero-order chi connectivity index (χ0) is 34.3. The van der Waals surface area contributed by atoms with Crippen molar-refractivity contribution >= 4 is 16.9 Å². The monoisotopic (exact) mass is 668 g/mol. The molecule has 2 N–H and O–H groups in total. The summed E-state index contributed by atoms with van der Waals surface area (Å²) in [6.07, 6.45) is 8.51. The maximum Gasteiger partial charge on any atom is 0.271 e. The Morgan fingerprint density at radius 1 is 0.880 bits per heavy atom. The van der Waals surface area contributed by atoms with E-state index in [2.05, 4.69) is 69.2 Å². The molecule has 1 aliphatic heterocycles. The van der Waals surface area contributed by atoms with Crippen molar-refractivity contribution in [1.29, 1.82) is 0 Å². The van der Waals surface area contributed by atoms with Crippen LogP contribution in [0.15, 0.2) is 116 Å². The molecule has 1 aromatic heterocycles. The van der Waals surface area contributed by atoms with Crippen molar-refractivity contribution in [3.8, 4) is 11.1 Å². The van der Waals surface area contributed by atoms with Gasteiger partial charge in [-0.1, -0.05) is 91.7 Å². The molecule has 7 rings (SSSR count). The summed E-state index contributed by atoms with van der Waals surface area (Å²) in [5.74, 6) is -0.267. The largest absolute Gasteiger partial charge is 0.392 e. The van der Waals surface area contributed by atoms with Gasteiger partial charge in [-0.2, -0.15) is 0 Å². The molecule has 0 unspecified atom stereocenters. The van der Waals surface area contributed by atoms with Gasteiger partial charge in [-0.3, -0.25) is 14.7 Å². The molecule has 8 nitrogen and oxygen atoms in total. The average molecular weight is 669 g/mol. The average Bonchev–Trinajstić information content (AvgIpc) is 3.72. The third-order valence-electron chi connectivity index (χ3n) is 9.81. The van der Waals surface area contributed by atoms with Gasteiger partial charge in [-0.25, -0.2) is 4.98 Å². The van der Waals surface area contributed by atoms with Crippen molar-refractivity contribution in [2.75, 3.05) is 13.1 Å². The third-order valence-corrected chi connectivity index (χ3v) is 9.81. The molecule has 8 heteroatoms. The Morgan fingerprint density at radius 2 is 1.64 bits per heavy atom. The molecule has 0 spiro atoms. The summed E-state index contributed by atoms with van der Waals surface area (Å²) < 4.78 is 13.5. The fourth-order valence-electron chi connectivity index (χ4n) is 7.17. The smallest absolute Gasteiger partial charge is 0.271 e. The van der Waals surface area contributed by atoms with Gasteiger partial charge in [0.05, 0.1) is 36.0 Å². The lowest BCUT2D eigenvalue weighted by Gasteiger charge is -2.39. The minimum atomic E-state index is -0.545. The van der Waals surface area contributed by atoms with Crippen LogP contribution in [0.4, 0.5) is 0 Å². The minimum absolute atomic E-state index is 0.0115. The topological polar surface area (TPSA) is 96.8 Å². The van der Waals surface area contributed by atoms with Gasteiger partial charge in [0, 0.05) is 37.7 Å². The zero-order valence-electron chi connectivity index (χ0n) is 28.3. The van der Waals surface area contributed by atoms with E-state index < -0.39 is 6.29 Å². The molecule has 2 heterocycles. The number of para-hydroxylation sites is 2. The Hall–Kier alpha value is -4.73. The molecule has 3 atom stereocenters. The summed E-state index contributed by atoms with van der Waals surface area (Å²) in [5.41, 5.74) is 7.69. The van der Waals surface area contributed by atoms with Crippen LogP contribution in [0, 0.1) is 0 Å². The number of hydrogen-bond donors (Lipinski definition) is 2. The second-order valence-electron chi connectivity index (χ2n) is 13.3. The van der Waals surface area contributed by atoms with E-state index in [-0.39, 0.29) is 30.4 Å². The van der Waals surface area contributed by atoms with Crippen molar-refractivity contribution in [3.63, 3.8) is 0 Å². The number of fused-ring (bicyclic) bond motifs is 1. The number of nitrogens with zero attached hydrogens (tertiary/aromatic N) is 3. The van der Waals surface area contributed by atoms with E-state index in [1.807, 2.05) is 60.7 Å². The fourth-order valence-corrected chi connectivity index (χ4v) is 7.17. The van der Waals surface area contributed by atoms with Crippen LogP contribution in [0.5, 0.6) is 0 Å². The Balaban J connectivity index is 1.08. The summed E-state index contributed by atoms with van der Waals surface area (Å²) in [6, 6.07) is 32.6. The Morgan fingerprint density at radius 3 is 2.42 bits per heavy atom. The molecule has 256 valence electrons. The van der Waals surface area contributed by atoms with Crippen LogP contribution in [0.1, 0.15) is 77.2 Å². The number of ether oxygens (including phenoxy) is 2. The molecule has 5 aromatic rings. The van der Waals surface area contributed by atoms with E-state index in [0.717, 1.165) is 58.4 Å². The normalized spacial score (nSPS) is 19.5. The second kappa shape index (κ2) is 15.9. The van der Waals surface area contributed by atoms with Crippen molar-refractivity contribution < 1.29 is 19.4 Å². The first kappa shape index (κ1) is 33.8. The van der Waals surface area contributed by atoms with Crippen LogP contribution >= 0.6 is 0 Å². The van der Waals surface area contributed by atoms with E-state index in [4.69, 9.17) is 9.47 Å². The number of rotatable bonds is 12. The molecular weight excluding hydrogens is 624 g/mol. The molecule has 1 saturated carbocycles. The molecule has 1 saturated heterocycles. The highest BCUT2D eigenvalue weighted by molar-refractivity contribution is 5.93. The lowest BCUT2D eigenvalue weighted by atomic mass is 9.98. The number of aliphatic hydroxyl groups is 1. The molecule has 0 radical (unpaired) electrons. The van der Waals surface area contributed by atoms with Gasteiger partial charge in [0.1, 0.15) is 5.69 Å². The van der Waals surface area contributed by atoms with E-state index in [1.165, 1.54) is 31.9 Å². The number of amides is 1. The van der Waals surface area contributed by atoms with Crippen LogP contribution in [0.3, 0.4) is 0 Å². The third kappa shape index (κ3) is 8.01. The van der Waals surface area contributed by atoms with Crippen molar-refractivity contribution in [2.24, 2.45) is 0 Å². The summed E-state index contributed by atoms with van der Waals surface area (Å²) in [6.45, 7) is 6.07. The maximum absolute atomic E-state index is 12.9. The molecule has 1 amide bonds. The van der Waals surface area contributed by atoms with Crippen LogP contribution in [-0.2, 0) is 22.6 Å². The molecular formula is C42H44N4O4. The van der Waals surface area contributed by atoms with Crippen LogP contribution in [0.2, 0.25) is 0 Å². The summed E-state index contributed by atoms with van der Waals surface area (Å²) in [4.78, 5) is 24.3. The highest BCUT2D eigenvalue weighted by Crippen LogP contribution is 2.39. The van der Waals surface area contributed by atoms with Crippen molar-refractivity contribution in [3.05, 3.63) is 144 Å². The van der Waals surface area contributed by atoms with Crippen LogP contribution in [0.25, 0.3) is 22.2 Å². The zero-order valence-corrected chi connectivity index (χ0v) is 28.3. The number of carbonyl (C=O) groups is 1. The van der Waals surface area contributed by atoms with Gasteiger partial charge in [-0.15, -0.1) is 6.58 Å². The summed E-state index contributed by atoms with van der Waals surface area (Å²) in [5, 5.41) is 12.6. The lowest BCUT2D eigenvalue weighted by molar-refractivity contribution is -0.253. The number of nitrogens with one attached hydrogen (secondary N) is 1. The Labute approximate surface area is 293 Å². The SMILES string of the molecule is C=CCN(C[C@H]1C[C@@H](c2ccc(CO)cc2)O[C@@H](c2cccc(-c3cccc(CNC(=O)c4cnc5ccccc5n4)c3)c2)O1)C1CCCC1. The summed E-state index contributed by atoms with van der Waals surface area (Å²) in [7, 11) is 0. The van der Waals surface area contributed by atoms with Gasteiger partial charge in [0.15, 0.2) is 6.29 Å². The number of benzene rings is 4. The van der Waals surface area contributed by atoms with Gasteiger partial charge in [-0.05, 0) is 64.9 Å². The van der Waals surface area contributed by atoms with Gasteiger partial charge < -0.3 is 19.9 Å². The summed E-state index contributed by atoms with van der Waals surface area (Å²) >= 11 is 0. The molecule has 1 aliphatic carbocycles. The minimum Gasteiger partial charge on any atom is -0.392 e. The van der Waals surface area contributed by atoms with E-state index in [9.17, 15) is 9.90 Å². The first-order valence-electron chi connectivity index (χ1n) is 17.6. The Kier molecular flexibility index (Phi) is 10.7. The standard InChI is InChI=1S/C42H44N4O4/c1-2-21-46(35-13-3-4-14-35)27-36-24-40(31-19-17-29(28-47)18-20-31)50-42(49-36)34-12-8-11-33(23-34)32-10-7-9-30(22-32)25-44-41(48)39-26-43-37-15-5-6-16-38(37)45-39/h2,5-12,15-20,22-23,26,35-36,40,42,47H,1,3-4,13-14,21,24-25,27-28H2,(H,44,48)/t36-,40+,42+/m1/s1. The van der Waals surface area contributed by atoms with E-state index in [0.29, 0.717) is 18.1 Å². The van der Waals surface area contributed by atoms with Crippen molar-refractivity contribution in [1.82, 2.24) is 20.2 Å². The van der Waals surface area contributed by atoms with Crippen LogP contribution in [-0.4, -0.2) is 51.1 Å². The number of aliphatic hydroxyl groups excluding tert-OH is 1. The maximum atomic E-state index is 12.9. The molecule has 0 bridgehead atoms. The van der Waals surface area contributed by atoms with Gasteiger partial charge in [0.25, 0.3) is 5.91 Å². The molecule has 2 aliphatic rings. The Bertz CT molecular complexity index is 1920. The number of hydrogen-bond acceptors (Lipinski definition) is 7. The molecule has 2 fully saturated rings. The first-order chi connectivity index (χ1) is 24.6. The van der Waals surface area contributed by atoms with Crippen molar-refractivity contribution in [2.45, 2.75) is 69.8 Å². The van der Waals surface area contributed by atoms with E-state index in [1.54, 1.807) is 0 Å². The molecule has 4 aromatic carbocycles. The predicted octanol–water partition coefficient (Wildman–Crippen LogP) is 7.70. The first-order valence-corrected chi connectivity index (χ1v) is 17.6. The number of aromatic nitrogens is 2. The van der Waals surface area contributed by atoms with Gasteiger partial charge >= 0.3 is 0 Å². The highest BCUT2D eigenvalue weighted by atomic mass is 16.7. The van der Waals surface area contributed by atoms with Gasteiger partial charge in [0.2, 0.25) is 0 Å². The lowest BCUT2D eigenvalue weighted by Crippen LogP contribution is -2.43. The highest BCUT2D eigenvalue weighted by Gasteiger charge is 2.34. The number of carbonyl (C=O) groups excluding carboxylic acids is 1. The van der Waals surface area contributed by atoms with E-state index >= 15 is 0 Å².